The number of carbonyl (C=O) groups excluding carboxylic acids is 1. The zero-order valence-electron chi connectivity index (χ0n) is 9.19. The molecule has 0 aliphatic heterocycles. The van der Waals surface area contributed by atoms with Crippen LogP contribution < -0.4 is 4.74 Å². The van der Waals surface area contributed by atoms with Crippen LogP contribution >= 0.6 is 0 Å². The summed E-state index contributed by atoms with van der Waals surface area (Å²) >= 11 is 0. The summed E-state index contributed by atoms with van der Waals surface area (Å²) < 4.78 is 5.01. The number of methoxy groups -OCH3 is 1. The Morgan fingerprint density at radius 2 is 2.19 bits per heavy atom. The minimum Gasteiger partial charge on any atom is -0.504 e. The molecule has 0 radical (unpaired) electrons. The number of phenolic OH excluding ortho intramolecular Hbond substituents is 1. The lowest BCUT2D eigenvalue weighted by Gasteiger charge is -2.04. The largest absolute Gasteiger partial charge is 0.504 e. The van der Waals surface area contributed by atoms with Gasteiger partial charge in [0, 0.05) is 6.42 Å². The zero-order valence-corrected chi connectivity index (χ0v) is 9.19. The number of aromatic hydroxyl groups is 1. The molecule has 0 unspecified atom stereocenters. The second-order valence-electron chi connectivity index (χ2n) is 3.88. The maximum Gasteiger partial charge on any atom is 0.161 e. The van der Waals surface area contributed by atoms with Crippen LogP contribution in [0.1, 0.15) is 24.8 Å². The van der Waals surface area contributed by atoms with Crippen molar-refractivity contribution < 1.29 is 14.6 Å². The van der Waals surface area contributed by atoms with Crippen LogP contribution in [-0.2, 0) is 4.79 Å². The summed E-state index contributed by atoms with van der Waals surface area (Å²) in [5, 5.41) is 9.44. The summed E-state index contributed by atoms with van der Waals surface area (Å²) in [5.41, 5.74) is 1.76. The van der Waals surface area contributed by atoms with Crippen molar-refractivity contribution in [3.8, 4) is 11.5 Å². The highest BCUT2D eigenvalue weighted by atomic mass is 16.5. The summed E-state index contributed by atoms with van der Waals surface area (Å²) in [6, 6.07) is 5.08. The van der Waals surface area contributed by atoms with E-state index in [0.29, 0.717) is 12.2 Å². The van der Waals surface area contributed by atoms with E-state index < -0.39 is 0 Å². The van der Waals surface area contributed by atoms with Crippen LogP contribution in [0.15, 0.2) is 23.8 Å². The Hall–Kier alpha value is -1.77. The molecule has 1 saturated carbocycles. The van der Waals surface area contributed by atoms with Crippen molar-refractivity contribution in [1.29, 1.82) is 0 Å². The Morgan fingerprint density at radius 1 is 1.38 bits per heavy atom. The highest BCUT2D eigenvalue weighted by Gasteiger charge is 2.16. The fourth-order valence-electron chi connectivity index (χ4n) is 1.88. The molecule has 1 aliphatic rings. The number of carbonyl (C=O) groups is 1. The third kappa shape index (κ3) is 2.08. The Labute approximate surface area is 94.4 Å². The first-order chi connectivity index (χ1) is 7.70. The minimum absolute atomic E-state index is 0.113. The van der Waals surface area contributed by atoms with Gasteiger partial charge in [0.25, 0.3) is 0 Å². The van der Waals surface area contributed by atoms with Crippen LogP contribution in [-0.4, -0.2) is 18.0 Å². The molecule has 16 heavy (non-hydrogen) atoms. The van der Waals surface area contributed by atoms with E-state index in [1.807, 2.05) is 6.08 Å². The van der Waals surface area contributed by atoms with Crippen LogP contribution in [0, 0.1) is 0 Å². The molecule has 0 aromatic heterocycles. The fraction of sp³-hybridized carbons (Fsp3) is 0.308. The van der Waals surface area contributed by atoms with Crippen molar-refractivity contribution >= 4 is 11.9 Å². The van der Waals surface area contributed by atoms with Crippen LogP contribution in [0.3, 0.4) is 0 Å². The van der Waals surface area contributed by atoms with Gasteiger partial charge < -0.3 is 9.84 Å². The van der Waals surface area contributed by atoms with E-state index in [0.717, 1.165) is 24.0 Å². The van der Waals surface area contributed by atoms with Gasteiger partial charge in [-0.05, 0) is 42.2 Å². The molecule has 3 nitrogen and oxygen atoms in total. The Bertz CT molecular complexity index is 446. The Morgan fingerprint density at radius 3 is 2.81 bits per heavy atom. The smallest absolute Gasteiger partial charge is 0.161 e. The van der Waals surface area contributed by atoms with Gasteiger partial charge in [0.1, 0.15) is 0 Å². The zero-order chi connectivity index (χ0) is 11.5. The number of hydrogen-bond donors (Lipinski definition) is 1. The molecule has 2 rings (SSSR count). The van der Waals surface area contributed by atoms with Gasteiger partial charge >= 0.3 is 0 Å². The second kappa shape index (κ2) is 4.39. The Kier molecular flexibility index (Phi) is 2.95. The van der Waals surface area contributed by atoms with Gasteiger partial charge in [-0.15, -0.1) is 0 Å². The summed E-state index contributed by atoms with van der Waals surface area (Å²) in [6.07, 6.45) is 4.32. The number of allylic oxidation sites excluding steroid dienone is 1. The highest BCUT2D eigenvalue weighted by molar-refractivity contribution is 6.01. The van der Waals surface area contributed by atoms with Crippen molar-refractivity contribution in [3.05, 3.63) is 29.3 Å². The number of hydrogen-bond acceptors (Lipinski definition) is 3. The first-order valence-electron chi connectivity index (χ1n) is 5.31. The lowest BCUT2D eigenvalue weighted by molar-refractivity contribution is -0.114. The third-order valence-corrected chi connectivity index (χ3v) is 2.75. The molecular weight excluding hydrogens is 204 g/mol. The molecule has 1 aromatic rings. The van der Waals surface area contributed by atoms with Crippen LogP contribution in [0.25, 0.3) is 6.08 Å². The lowest BCUT2D eigenvalue weighted by Crippen LogP contribution is -1.91. The SMILES string of the molecule is COc1cc(C=C2CCCC2=O)ccc1O. The number of ketones is 1. The maximum absolute atomic E-state index is 11.5. The monoisotopic (exact) mass is 218 g/mol. The van der Waals surface area contributed by atoms with Gasteiger partial charge in [-0.3, -0.25) is 4.79 Å². The van der Waals surface area contributed by atoms with Crippen molar-refractivity contribution in [3.63, 3.8) is 0 Å². The van der Waals surface area contributed by atoms with Crippen molar-refractivity contribution in [2.45, 2.75) is 19.3 Å². The van der Waals surface area contributed by atoms with Crippen molar-refractivity contribution in [1.82, 2.24) is 0 Å². The topological polar surface area (TPSA) is 46.5 Å². The molecule has 0 atom stereocenters. The third-order valence-electron chi connectivity index (χ3n) is 2.75. The molecule has 0 amide bonds. The average Bonchev–Trinajstić information content (AvgIpc) is 2.67. The van der Waals surface area contributed by atoms with Crippen molar-refractivity contribution in [2.75, 3.05) is 7.11 Å². The first-order valence-corrected chi connectivity index (χ1v) is 5.31. The number of Topliss-reactive ketones (excluding diaryl/α,β-unsaturated/α-hetero) is 1. The predicted octanol–water partition coefficient (Wildman–Crippen LogP) is 2.54. The summed E-state index contributed by atoms with van der Waals surface area (Å²) in [4.78, 5) is 11.5. The van der Waals surface area contributed by atoms with E-state index in [1.165, 1.54) is 7.11 Å². The highest BCUT2D eigenvalue weighted by Crippen LogP contribution is 2.29. The van der Waals surface area contributed by atoms with Gasteiger partial charge in [0.05, 0.1) is 7.11 Å². The predicted molar refractivity (Wildman–Crippen MR) is 61.5 cm³/mol. The minimum atomic E-state index is 0.113. The summed E-state index contributed by atoms with van der Waals surface area (Å²) in [5.74, 6) is 0.772. The van der Waals surface area contributed by atoms with Gasteiger partial charge in [-0.25, -0.2) is 0 Å². The number of rotatable bonds is 2. The fourth-order valence-corrected chi connectivity index (χ4v) is 1.88. The number of ether oxygens (including phenoxy) is 1. The molecule has 1 aliphatic carbocycles. The number of benzene rings is 1. The summed E-state index contributed by atoms with van der Waals surface area (Å²) in [7, 11) is 1.51. The van der Waals surface area contributed by atoms with Crippen molar-refractivity contribution in [2.24, 2.45) is 0 Å². The van der Waals surface area contributed by atoms with Crippen LogP contribution in [0.4, 0.5) is 0 Å². The van der Waals surface area contributed by atoms with E-state index >= 15 is 0 Å². The second-order valence-corrected chi connectivity index (χ2v) is 3.88. The molecule has 0 saturated heterocycles. The molecule has 0 bridgehead atoms. The first kappa shape index (κ1) is 10.7. The number of phenols is 1. The summed E-state index contributed by atoms with van der Waals surface area (Å²) in [6.45, 7) is 0. The normalized spacial score (nSPS) is 18.1. The molecule has 1 aromatic carbocycles. The van der Waals surface area contributed by atoms with E-state index in [9.17, 15) is 9.90 Å². The van der Waals surface area contributed by atoms with E-state index in [2.05, 4.69) is 0 Å². The lowest BCUT2D eigenvalue weighted by atomic mass is 10.1. The van der Waals surface area contributed by atoms with Crippen LogP contribution in [0.2, 0.25) is 0 Å². The van der Waals surface area contributed by atoms with Gasteiger partial charge in [-0.2, -0.15) is 0 Å². The van der Waals surface area contributed by atoms with E-state index in [4.69, 9.17) is 4.74 Å². The van der Waals surface area contributed by atoms with E-state index in [-0.39, 0.29) is 11.5 Å². The maximum atomic E-state index is 11.5. The van der Waals surface area contributed by atoms with Gasteiger partial charge in [0.2, 0.25) is 0 Å². The molecule has 84 valence electrons. The van der Waals surface area contributed by atoms with E-state index in [1.54, 1.807) is 18.2 Å². The quantitative estimate of drug-likeness (QED) is 0.776. The molecule has 0 spiro atoms. The molecule has 0 heterocycles. The van der Waals surface area contributed by atoms with Gasteiger partial charge in [0.15, 0.2) is 17.3 Å². The standard InChI is InChI=1S/C13H14O3/c1-16-13-8-9(5-6-12(13)15)7-10-3-2-4-11(10)14/h5-8,15H,2-4H2,1H3. The molecule has 1 N–H and O–H groups in total. The Balaban J connectivity index is 2.31. The average molecular weight is 218 g/mol. The molecule has 3 heteroatoms. The van der Waals surface area contributed by atoms with Crippen LogP contribution in [0.5, 0.6) is 11.5 Å². The molecule has 1 fully saturated rings. The van der Waals surface area contributed by atoms with Gasteiger partial charge in [-0.1, -0.05) is 6.07 Å². The molecular formula is C13H14O3.